The Morgan fingerprint density at radius 1 is 1.36 bits per heavy atom. The smallest absolute Gasteiger partial charge is 0.301 e. The minimum absolute atomic E-state index is 0.221. The van der Waals surface area contributed by atoms with Crippen LogP contribution in [0.3, 0.4) is 0 Å². The van der Waals surface area contributed by atoms with E-state index in [1.807, 2.05) is 12.1 Å². The molecule has 0 aromatic heterocycles. The van der Waals surface area contributed by atoms with Gasteiger partial charge in [0.2, 0.25) is 0 Å². The molecular formula is C10H13BFNO. The minimum Gasteiger partial charge on any atom is -0.434 e. The van der Waals surface area contributed by atoms with Gasteiger partial charge in [0.1, 0.15) is 5.82 Å². The zero-order valence-corrected chi connectivity index (χ0v) is 7.95. The molecule has 0 radical (unpaired) electrons. The molecule has 0 aliphatic heterocycles. The molecule has 1 aromatic rings. The van der Waals surface area contributed by atoms with E-state index >= 15 is 0 Å². The molecule has 0 bridgehead atoms. The summed E-state index contributed by atoms with van der Waals surface area (Å²) in [5.41, 5.74) is 6.21. The summed E-state index contributed by atoms with van der Waals surface area (Å²) < 4.78 is 17.7. The Balaban J connectivity index is 2.33. The van der Waals surface area contributed by atoms with Crippen molar-refractivity contribution in [1.29, 1.82) is 0 Å². The summed E-state index contributed by atoms with van der Waals surface area (Å²) in [5, 5.41) is 0. The Morgan fingerprint density at radius 3 is 2.71 bits per heavy atom. The van der Waals surface area contributed by atoms with Crippen molar-refractivity contribution in [3.8, 4) is 0 Å². The number of hydrogen-bond acceptors (Lipinski definition) is 2. The van der Waals surface area contributed by atoms with Crippen LogP contribution in [0.1, 0.15) is 5.56 Å². The van der Waals surface area contributed by atoms with Crippen molar-refractivity contribution in [3.63, 3.8) is 0 Å². The molecule has 0 spiro atoms. The first-order chi connectivity index (χ1) is 6.83. The second kappa shape index (κ2) is 6.35. The van der Waals surface area contributed by atoms with Crippen LogP contribution in [-0.4, -0.2) is 20.6 Å². The van der Waals surface area contributed by atoms with E-state index in [-0.39, 0.29) is 5.82 Å². The molecule has 1 rings (SSSR count). The average Bonchev–Trinajstić information content (AvgIpc) is 2.21. The third-order valence-electron chi connectivity index (χ3n) is 1.66. The lowest BCUT2D eigenvalue weighted by Crippen LogP contribution is -2.09. The van der Waals surface area contributed by atoms with Crippen LogP contribution in [0.5, 0.6) is 0 Å². The monoisotopic (exact) mass is 193 g/mol. The molecule has 0 fully saturated rings. The first-order valence-electron chi connectivity index (χ1n) is 4.53. The van der Waals surface area contributed by atoms with Gasteiger partial charge in [-0.25, -0.2) is 4.39 Å². The fourth-order valence-corrected chi connectivity index (χ4v) is 0.993. The summed E-state index contributed by atoms with van der Waals surface area (Å²) in [6.07, 6.45) is 1.88. The molecule has 0 saturated heterocycles. The van der Waals surface area contributed by atoms with Crippen molar-refractivity contribution in [2.24, 2.45) is 5.73 Å². The topological polar surface area (TPSA) is 35.2 Å². The van der Waals surface area contributed by atoms with E-state index in [1.54, 1.807) is 12.1 Å². The molecule has 74 valence electrons. The largest absolute Gasteiger partial charge is 0.434 e. The Labute approximate surface area is 83.8 Å². The predicted molar refractivity (Wildman–Crippen MR) is 57.6 cm³/mol. The molecule has 0 atom stereocenters. The molecule has 0 aliphatic carbocycles. The van der Waals surface area contributed by atoms with E-state index in [0.717, 1.165) is 5.56 Å². The average molecular weight is 193 g/mol. The molecule has 1 aromatic carbocycles. The van der Waals surface area contributed by atoms with Gasteiger partial charge in [-0.3, -0.25) is 0 Å². The Bertz CT molecular complexity index is 287. The maximum Gasteiger partial charge on any atom is 0.301 e. The highest BCUT2D eigenvalue weighted by Crippen LogP contribution is 2.03. The van der Waals surface area contributed by atoms with Gasteiger partial charge >= 0.3 is 7.48 Å². The third-order valence-corrected chi connectivity index (χ3v) is 1.66. The van der Waals surface area contributed by atoms with Crippen LogP contribution in [0.4, 0.5) is 4.39 Å². The van der Waals surface area contributed by atoms with Crippen molar-refractivity contribution >= 4 is 13.6 Å². The zero-order chi connectivity index (χ0) is 10.2. The summed E-state index contributed by atoms with van der Waals surface area (Å²) in [5.74, 6) is 1.66. The third kappa shape index (κ3) is 4.21. The van der Waals surface area contributed by atoms with E-state index < -0.39 is 0 Å². The second-order valence-electron chi connectivity index (χ2n) is 2.82. The van der Waals surface area contributed by atoms with Crippen LogP contribution >= 0.6 is 0 Å². The Morgan fingerprint density at radius 2 is 2.07 bits per heavy atom. The van der Waals surface area contributed by atoms with Gasteiger partial charge in [-0.15, -0.1) is 0 Å². The molecule has 2 N–H and O–H groups in total. The van der Waals surface area contributed by atoms with Crippen LogP contribution in [0, 0.1) is 5.82 Å². The van der Waals surface area contributed by atoms with Crippen molar-refractivity contribution in [2.45, 2.75) is 0 Å². The number of hydrogen-bond donors (Lipinski definition) is 1. The lowest BCUT2D eigenvalue weighted by atomic mass is 9.99. The molecule has 0 unspecified atom stereocenters. The highest BCUT2D eigenvalue weighted by atomic mass is 19.1. The fraction of sp³-hybridized carbons (Fsp3) is 0.200. The fourth-order valence-electron chi connectivity index (χ4n) is 0.993. The Kier molecular flexibility index (Phi) is 4.97. The predicted octanol–water partition coefficient (Wildman–Crippen LogP) is 1.12. The lowest BCUT2D eigenvalue weighted by molar-refractivity contribution is 0.353. The molecule has 4 heteroatoms. The standard InChI is InChI=1S/C10H13BFNO/c12-10-3-1-9(2-4-10)5-6-11-14-8-7-13/h1-6,11H,7-8,13H2. The summed E-state index contributed by atoms with van der Waals surface area (Å²) in [6, 6.07) is 6.30. The summed E-state index contributed by atoms with van der Waals surface area (Å²) in [6.45, 7) is 1.10. The van der Waals surface area contributed by atoms with Gasteiger partial charge in [0.05, 0.1) is 0 Å². The van der Waals surface area contributed by atoms with Gasteiger partial charge in [-0.05, 0) is 17.7 Å². The Hall–Kier alpha value is -1.13. The normalized spacial score (nSPS) is 10.7. The van der Waals surface area contributed by atoms with Crippen molar-refractivity contribution in [3.05, 3.63) is 41.6 Å². The summed E-state index contributed by atoms with van der Waals surface area (Å²) in [7, 11) is 0.536. The number of benzene rings is 1. The van der Waals surface area contributed by atoms with Crippen LogP contribution < -0.4 is 5.73 Å². The molecule has 0 saturated carbocycles. The molecule has 0 aliphatic rings. The lowest BCUT2D eigenvalue weighted by Gasteiger charge is -1.95. The maximum atomic E-state index is 12.5. The summed E-state index contributed by atoms with van der Waals surface area (Å²) in [4.78, 5) is 0. The van der Waals surface area contributed by atoms with Crippen molar-refractivity contribution in [2.75, 3.05) is 13.2 Å². The van der Waals surface area contributed by atoms with Gasteiger partial charge < -0.3 is 10.4 Å². The quantitative estimate of drug-likeness (QED) is 0.561. The maximum absolute atomic E-state index is 12.5. The van der Waals surface area contributed by atoms with Crippen LogP contribution in [0.2, 0.25) is 0 Å². The van der Waals surface area contributed by atoms with Crippen LogP contribution in [0.25, 0.3) is 6.08 Å². The molecule has 0 amide bonds. The highest BCUT2D eigenvalue weighted by molar-refractivity contribution is 6.35. The molecule has 14 heavy (non-hydrogen) atoms. The SMILES string of the molecule is NCCOBC=Cc1ccc(F)cc1. The van der Waals surface area contributed by atoms with Gasteiger partial charge in [0.15, 0.2) is 0 Å². The molecule has 2 nitrogen and oxygen atoms in total. The van der Waals surface area contributed by atoms with Gasteiger partial charge in [0, 0.05) is 13.2 Å². The van der Waals surface area contributed by atoms with E-state index in [9.17, 15) is 4.39 Å². The van der Waals surface area contributed by atoms with Crippen LogP contribution in [-0.2, 0) is 4.65 Å². The van der Waals surface area contributed by atoms with E-state index in [4.69, 9.17) is 10.4 Å². The van der Waals surface area contributed by atoms with Gasteiger partial charge in [0.25, 0.3) is 0 Å². The first-order valence-corrected chi connectivity index (χ1v) is 4.53. The number of halogens is 1. The zero-order valence-electron chi connectivity index (χ0n) is 7.95. The number of rotatable bonds is 5. The van der Waals surface area contributed by atoms with E-state index in [2.05, 4.69) is 0 Å². The second-order valence-corrected chi connectivity index (χ2v) is 2.82. The molecule has 0 heterocycles. The van der Waals surface area contributed by atoms with Gasteiger partial charge in [-0.2, -0.15) is 0 Å². The van der Waals surface area contributed by atoms with Gasteiger partial charge in [-0.1, -0.05) is 24.2 Å². The summed E-state index contributed by atoms with van der Waals surface area (Å²) >= 11 is 0. The highest BCUT2D eigenvalue weighted by Gasteiger charge is 1.89. The van der Waals surface area contributed by atoms with Crippen molar-refractivity contribution < 1.29 is 9.04 Å². The number of nitrogens with two attached hydrogens (primary N) is 1. The van der Waals surface area contributed by atoms with E-state index in [1.165, 1.54) is 12.1 Å². The molecular weight excluding hydrogens is 180 g/mol. The van der Waals surface area contributed by atoms with Crippen LogP contribution in [0.15, 0.2) is 30.2 Å². The minimum atomic E-state index is -0.221. The van der Waals surface area contributed by atoms with E-state index in [0.29, 0.717) is 20.6 Å². The van der Waals surface area contributed by atoms with Crippen molar-refractivity contribution in [1.82, 2.24) is 0 Å². The first kappa shape index (κ1) is 11.0.